The van der Waals surface area contributed by atoms with Crippen LogP contribution in [0.1, 0.15) is 25.0 Å². The van der Waals surface area contributed by atoms with Crippen molar-refractivity contribution < 1.29 is 0 Å². The first-order valence-corrected chi connectivity index (χ1v) is 16.6. The van der Waals surface area contributed by atoms with Crippen LogP contribution in [-0.4, -0.2) is 29.1 Å². The van der Waals surface area contributed by atoms with E-state index >= 15 is 0 Å². The molecule has 6 aromatic carbocycles. The number of rotatable bonds is 4. The monoisotopic (exact) mass is 630 g/mol. The van der Waals surface area contributed by atoms with Gasteiger partial charge in [0.25, 0.3) is 0 Å². The molecule has 0 spiro atoms. The molecule has 0 saturated carbocycles. The van der Waals surface area contributed by atoms with Crippen LogP contribution in [0.2, 0.25) is 0 Å². The molecule has 0 fully saturated rings. The molecule has 10 rings (SSSR count). The van der Waals surface area contributed by atoms with Gasteiger partial charge in [-0.2, -0.15) is 0 Å². The van der Waals surface area contributed by atoms with Crippen molar-refractivity contribution in [3.8, 4) is 45.8 Å². The molecule has 3 aromatic heterocycles. The van der Waals surface area contributed by atoms with Gasteiger partial charge in [-0.15, -0.1) is 0 Å². The van der Waals surface area contributed by atoms with Crippen molar-refractivity contribution in [3.05, 3.63) is 157 Å². The topological polar surface area (TPSA) is 61.4 Å². The first kappa shape index (κ1) is 27.7. The van der Waals surface area contributed by atoms with Crippen LogP contribution in [0.5, 0.6) is 0 Å². The molecule has 0 unspecified atom stereocenters. The number of benzene rings is 6. The van der Waals surface area contributed by atoms with Gasteiger partial charge in [0.15, 0.2) is 23.3 Å². The maximum absolute atomic E-state index is 5.25. The van der Waals surface area contributed by atoms with Crippen LogP contribution in [0.15, 0.2) is 146 Å². The van der Waals surface area contributed by atoms with E-state index in [1.807, 2.05) is 60.7 Å². The third-order valence-corrected chi connectivity index (χ3v) is 9.98. The third-order valence-electron chi connectivity index (χ3n) is 9.98. The predicted octanol–water partition coefficient (Wildman–Crippen LogP) is 9.95. The summed E-state index contributed by atoms with van der Waals surface area (Å²) < 4.78 is 4.65. The van der Waals surface area contributed by atoms with Gasteiger partial charge in [0.2, 0.25) is 0 Å². The van der Waals surface area contributed by atoms with Crippen molar-refractivity contribution in [1.29, 1.82) is 0 Å². The number of aromatic nitrogens is 6. The van der Waals surface area contributed by atoms with E-state index in [9.17, 15) is 0 Å². The van der Waals surface area contributed by atoms with E-state index < -0.39 is 0 Å². The minimum absolute atomic E-state index is 0.291. The fourth-order valence-corrected chi connectivity index (χ4v) is 7.63. The Hall–Kier alpha value is -6.40. The van der Waals surface area contributed by atoms with E-state index in [2.05, 4.69) is 108 Å². The van der Waals surface area contributed by atoms with Gasteiger partial charge in [0.1, 0.15) is 0 Å². The average molecular weight is 631 g/mol. The smallest absolute Gasteiger partial charge is 0.200 e. The highest BCUT2D eigenvalue weighted by atomic mass is 15.2. The quantitative estimate of drug-likeness (QED) is 0.194. The van der Waals surface area contributed by atoms with E-state index in [1.165, 1.54) is 32.9 Å². The Bertz CT molecular complexity index is 2630. The number of imidazole rings is 1. The molecule has 0 atom stereocenters. The molecular formula is C43H30N6. The normalized spacial score (nSPS) is 13.3. The van der Waals surface area contributed by atoms with E-state index in [4.69, 9.17) is 19.9 Å². The second kappa shape index (κ2) is 10.3. The molecule has 4 heterocycles. The van der Waals surface area contributed by atoms with Gasteiger partial charge in [0.05, 0.1) is 27.8 Å². The van der Waals surface area contributed by atoms with Crippen molar-refractivity contribution in [2.45, 2.75) is 19.3 Å². The van der Waals surface area contributed by atoms with E-state index in [0.717, 1.165) is 33.5 Å². The largest absolute Gasteiger partial charge is 0.309 e. The zero-order valence-electron chi connectivity index (χ0n) is 27.0. The molecule has 1 aliphatic rings. The molecule has 0 N–H and O–H groups in total. The second-order valence-corrected chi connectivity index (χ2v) is 13.2. The number of hydrogen-bond donors (Lipinski definition) is 0. The molecule has 1 aliphatic heterocycles. The maximum atomic E-state index is 5.25. The SMILES string of the molecule is CC1(C)c2cc(-n3c4ccccc4c4ccccc43)ccc2-n2c(-c3nc(-c4ccccc4)nc(-c4ccccc4)n3)nc3cccc1c32. The fraction of sp³-hybridized carbons (Fsp3) is 0.0698. The summed E-state index contributed by atoms with van der Waals surface area (Å²) in [5.74, 6) is 2.46. The summed E-state index contributed by atoms with van der Waals surface area (Å²) in [5, 5.41) is 2.50. The first-order chi connectivity index (χ1) is 24.1. The lowest BCUT2D eigenvalue weighted by atomic mass is 9.74. The summed E-state index contributed by atoms with van der Waals surface area (Å²) >= 11 is 0. The van der Waals surface area contributed by atoms with Gasteiger partial charge in [-0.05, 0) is 47.5 Å². The number of para-hydroxylation sites is 3. The molecule has 49 heavy (non-hydrogen) atoms. The lowest BCUT2D eigenvalue weighted by Gasteiger charge is -2.35. The molecule has 0 bridgehead atoms. The minimum atomic E-state index is -0.291. The van der Waals surface area contributed by atoms with Crippen LogP contribution >= 0.6 is 0 Å². The lowest BCUT2D eigenvalue weighted by Crippen LogP contribution is -2.27. The average Bonchev–Trinajstić information content (AvgIpc) is 3.71. The molecule has 6 heteroatoms. The zero-order valence-corrected chi connectivity index (χ0v) is 27.0. The van der Waals surface area contributed by atoms with Crippen LogP contribution < -0.4 is 0 Å². The molecule has 0 saturated heterocycles. The number of fused-ring (bicyclic) bond motifs is 5. The lowest BCUT2D eigenvalue weighted by molar-refractivity contribution is 0.628. The standard InChI is InChI=1S/C43H30N6/c1-43(2)32-20-13-21-34-38(32)49(37-25-24-29(26-33(37)43)48-35-22-11-9-18-30(35)31-19-10-12-23-36(31)48)42(44-34)41-46-39(27-14-5-3-6-15-27)45-40(47-41)28-16-7-4-8-17-28/h3-26H,1-2H3. The second-order valence-electron chi connectivity index (χ2n) is 13.2. The third kappa shape index (κ3) is 4.07. The molecule has 0 aliphatic carbocycles. The Morgan fingerprint density at radius 2 is 1.04 bits per heavy atom. The summed E-state index contributed by atoms with van der Waals surface area (Å²) in [7, 11) is 0. The summed E-state index contributed by atoms with van der Waals surface area (Å²) in [5.41, 5.74) is 10.6. The highest BCUT2D eigenvalue weighted by Crippen LogP contribution is 2.47. The van der Waals surface area contributed by atoms with Crippen molar-refractivity contribution in [1.82, 2.24) is 29.1 Å². The van der Waals surface area contributed by atoms with Crippen molar-refractivity contribution in [2.75, 3.05) is 0 Å². The Labute approximate surface area is 283 Å². The molecular weight excluding hydrogens is 601 g/mol. The molecule has 9 aromatic rings. The van der Waals surface area contributed by atoms with E-state index in [0.29, 0.717) is 23.3 Å². The fourth-order valence-electron chi connectivity index (χ4n) is 7.63. The Kier molecular flexibility index (Phi) is 5.82. The Morgan fingerprint density at radius 1 is 0.469 bits per heavy atom. The van der Waals surface area contributed by atoms with Gasteiger partial charge in [-0.25, -0.2) is 19.9 Å². The summed E-state index contributed by atoms with van der Waals surface area (Å²) in [6.07, 6.45) is 0. The molecule has 0 radical (unpaired) electrons. The highest BCUT2D eigenvalue weighted by Gasteiger charge is 2.37. The van der Waals surface area contributed by atoms with Gasteiger partial charge in [-0.1, -0.05) is 123 Å². The van der Waals surface area contributed by atoms with Crippen LogP contribution in [0.4, 0.5) is 0 Å². The van der Waals surface area contributed by atoms with Gasteiger partial charge in [0, 0.05) is 33.0 Å². The van der Waals surface area contributed by atoms with E-state index in [-0.39, 0.29) is 5.41 Å². The Morgan fingerprint density at radius 3 is 1.67 bits per heavy atom. The van der Waals surface area contributed by atoms with Gasteiger partial charge >= 0.3 is 0 Å². The number of nitrogens with zero attached hydrogens (tertiary/aromatic N) is 6. The molecule has 6 nitrogen and oxygen atoms in total. The van der Waals surface area contributed by atoms with Crippen molar-refractivity contribution >= 4 is 32.8 Å². The van der Waals surface area contributed by atoms with Crippen LogP contribution in [0, 0.1) is 0 Å². The van der Waals surface area contributed by atoms with Crippen LogP contribution in [0.25, 0.3) is 78.6 Å². The van der Waals surface area contributed by atoms with Crippen LogP contribution in [0.3, 0.4) is 0 Å². The summed E-state index contributed by atoms with van der Waals surface area (Å²) in [6, 6.07) is 50.8. The van der Waals surface area contributed by atoms with Gasteiger partial charge < -0.3 is 4.57 Å². The molecule has 232 valence electrons. The summed E-state index contributed by atoms with van der Waals surface area (Å²) in [4.78, 5) is 20.3. The number of hydrogen-bond acceptors (Lipinski definition) is 4. The van der Waals surface area contributed by atoms with Crippen LogP contribution in [-0.2, 0) is 5.41 Å². The Balaban J connectivity index is 1.24. The summed E-state index contributed by atoms with van der Waals surface area (Å²) in [6.45, 7) is 4.63. The maximum Gasteiger partial charge on any atom is 0.200 e. The van der Waals surface area contributed by atoms with Crippen molar-refractivity contribution in [2.24, 2.45) is 0 Å². The zero-order chi connectivity index (χ0) is 32.7. The van der Waals surface area contributed by atoms with E-state index in [1.54, 1.807) is 0 Å². The highest BCUT2D eigenvalue weighted by molar-refractivity contribution is 6.09. The van der Waals surface area contributed by atoms with Gasteiger partial charge in [-0.3, -0.25) is 4.57 Å². The minimum Gasteiger partial charge on any atom is -0.309 e. The van der Waals surface area contributed by atoms with Crippen molar-refractivity contribution in [3.63, 3.8) is 0 Å². The first-order valence-electron chi connectivity index (χ1n) is 16.6. The molecule has 0 amide bonds. The predicted molar refractivity (Wildman–Crippen MR) is 197 cm³/mol.